The summed E-state index contributed by atoms with van der Waals surface area (Å²) in [4.78, 5) is 0. The van der Waals surface area contributed by atoms with Gasteiger partial charge in [0.2, 0.25) is 0 Å². The van der Waals surface area contributed by atoms with Gasteiger partial charge in [-0.15, -0.1) is 0 Å². The summed E-state index contributed by atoms with van der Waals surface area (Å²) < 4.78 is 37.5. The third-order valence-corrected chi connectivity index (χ3v) is 4.35. The third kappa shape index (κ3) is 3.17. The first-order valence-corrected chi connectivity index (χ1v) is 6.90. The molecule has 1 nitrogen and oxygen atoms in total. The molecule has 0 spiro atoms. The number of hydrogen-bond donors (Lipinski definition) is 1. The lowest BCUT2D eigenvalue weighted by atomic mass is 9.84. The number of alkyl halides is 3. The summed E-state index contributed by atoms with van der Waals surface area (Å²) in [7, 11) is 0. The Hall–Kier alpha value is -1.03. The molecule has 1 aliphatic rings. The number of aliphatic hydroxyl groups is 1. The Morgan fingerprint density at radius 1 is 1.20 bits per heavy atom. The summed E-state index contributed by atoms with van der Waals surface area (Å²) in [6.45, 7) is 6.25. The van der Waals surface area contributed by atoms with Crippen LogP contribution in [0.15, 0.2) is 24.3 Å². The maximum atomic E-state index is 12.5. The predicted octanol–water partition coefficient (Wildman–Crippen LogP) is 4.44. The van der Waals surface area contributed by atoms with E-state index in [1.54, 1.807) is 0 Å². The standard InChI is InChI=1S/C16H21F3O/c1-11-8-14(2,3)10-15(11,20)9-12-4-6-13(7-5-12)16(17,18)19/h4-7,11,20H,8-10H2,1-3H3. The Morgan fingerprint density at radius 3 is 2.15 bits per heavy atom. The fourth-order valence-electron chi connectivity index (χ4n) is 3.50. The Kier molecular flexibility index (Phi) is 3.66. The van der Waals surface area contributed by atoms with Crippen LogP contribution in [0.3, 0.4) is 0 Å². The first-order valence-electron chi connectivity index (χ1n) is 6.90. The second kappa shape index (κ2) is 4.76. The molecule has 0 aromatic heterocycles. The van der Waals surface area contributed by atoms with Crippen LogP contribution in [0.1, 0.15) is 44.7 Å². The summed E-state index contributed by atoms with van der Waals surface area (Å²) in [5.41, 5.74) is -0.623. The van der Waals surface area contributed by atoms with Crippen LogP contribution in [-0.4, -0.2) is 10.7 Å². The number of halogens is 3. The van der Waals surface area contributed by atoms with Gasteiger partial charge in [0.15, 0.2) is 0 Å². The van der Waals surface area contributed by atoms with Crippen LogP contribution >= 0.6 is 0 Å². The van der Waals surface area contributed by atoms with Crippen molar-refractivity contribution in [3.63, 3.8) is 0 Å². The highest BCUT2D eigenvalue weighted by Gasteiger charge is 2.47. The lowest BCUT2D eigenvalue weighted by Crippen LogP contribution is -2.34. The molecule has 1 aliphatic carbocycles. The van der Waals surface area contributed by atoms with E-state index in [1.807, 2.05) is 6.92 Å². The van der Waals surface area contributed by atoms with E-state index in [-0.39, 0.29) is 11.3 Å². The van der Waals surface area contributed by atoms with E-state index in [1.165, 1.54) is 12.1 Å². The maximum Gasteiger partial charge on any atom is 0.416 e. The highest BCUT2D eigenvalue weighted by Crippen LogP contribution is 2.48. The van der Waals surface area contributed by atoms with E-state index in [4.69, 9.17) is 0 Å². The monoisotopic (exact) mass is 286 g/mol. The molecule has 1 fully saturated rings. The van der Waals surface area contributed by atoms with Gasteiger partial charge in [0.25, 0.3) is 0 Å². The molecule has 0 bridgehead atoms. The van der Waals surface area contributed by atoms with E-state index in [2.05, 4.69) is 13.8 Å². The normalized spacial score (nSPS) is 29.6. The van der Waals surface area contributed by atoms with Gasteiger partial charge in [-0.05, 0) is 41.9 Å². The van der Waals surface area contributed by atoms with E-state index in [0.717, 1.165) is 24.1 Å². The molecule has 0 amide bonds. The number of benzene rings is 1. The fraction of sp³-hybridized carbons (Fsp3) is 0.625. The van der Waals surface area contributed by atoms with Gasteiger partial charge in [0.1, 0.15) is 0 Å². The summed E-state index contributed by atoms with van der Waals surface area (Å²) in [5, 5.41) is 10.8. The number of rotatable bonds is 2. The minimum Gasteiger partial charge on any atom is -0.389 e. The summed E-state index contributed by atoms with van der Waals surface area (Å²) in [6.07, 6.45) is -2.28. The molecule has 4 heteroatoms. The fourth-order valence-corrected chi connectivity index (χ4v) is 3.50. The Labute approximate surface area is 117 Å². The summed E-state index contributed by atoms with van der Waals surface area (Å²) >= 11 is 0. The van der Waals surface area contributed by atoms with Crippen LogP contribution in [0.2, 0.25) is 0 Å². The zero-order chi connectivity index (χ0) is 15.2. The van der Waals surface area contributed by atoms with Crippen LogP contribution in [0.5, 0.6) is 0 Å². The zero-order valence-corrected chi connectivity index (χ0v) is 12.1. The lowest BCUT2D eigenvalue weighted by molar-refractivity contribution is -0.137. The van der Waals surface area contributed by atoms with Crippen LogP contribution in [0.25, 0.3) is 0 Å². The SMILES string of the molecule is CC1CC(C)(C)CC1(O)Cc1ccc(C(F)(F)F)cc1. The molecule has 1 saturated carbocycles. The van der Waals surface area contributed by atoms with Crippen molar-refractivity contribution in [2.45, 2.75) is 51.8 Å². The highest BCUT2D eigenvalue weighted by atomic mass is 19.4. The van der Waals surface area contributed by atoms with Crippen molar-refractivity contribution in [1.29, 1.82) is 0 Å². The molecule has 0 heterocycles. The Morgan fingerprint density at radius 2 is 1.75 bits per heavy atom. The molecule has 1 aromatic carbocycles. The van der Waals surface area contributed by atoms with Crippen molar-refractivity contribution in [2.75, 3.05) is 0 Å². The first-order chi connectivity index (χ1) is 9.02. The zero-order valence-electron chi connectivity index (χ0n) is 12.1. The molecule has 0 saturated heterocycles. The van der Waals surface area contributed by atoms with Crippen molar-refractivity contribution in [3.05, 3.63) is 35.4 Å². The molecule has 1 aromatic rings. The molecule has 0 aliphatic heterocycles. The summed E-state index contributed by atoms with van der Waals surface area (Å²) in [5.74, 6) is 0.153. The first kappa shape index (κ1) is 15.4. The predicted molar refractivity (Wildman–Crippen MR) is 72.3 cm³/mol. The van der Waals surface area contributed by atoms with Crippen molar-refractivity contribution >= 4 is 0 Å². The molecule has 112 valence electrons. The van der Waals surface area contributed by atoms with Crippen LogP contribution < -0.4 is 0 Å². The smallest absolute Gasteiger partial charge is 0.389 e. The van der Waals surface area contributed by atoms with Gasteiger partial charge < -0.3 is 5.11 Å². The molecule has 2 atom stereocenters. The van der Waals surface area contributed by atoms with Gasteiger partial charge in [-0.1, -0.05) is 32.9 Å². The highest BCUT2D eigenvalue weighted by molar-refractivity contribution is 5.26. The maximum absolute atomic E-state index is 12.5. The van der Waals surface area contributed by atoms with Crippen LogP contribution in [-0.2, 0) is 12.6 Å². The molecular weight excluding hydrogens is 265 g/mol. The van der Waals surface area contributed by atoms with Gasteiger partial charge in [-0.2, -0.15) is 13.2 Å². The van der Waals surface area contributed by atoms with Gasteiger partial charge in [-0.3, -0.25) is 0 Å². The Bertz CT molecular complexity index is 475. The minimum atomic E-state index is -4.31. The topological polar surface area (TPSA) is 20.2 Å². The second-order valence-corrected chi connectivity index (χ2v) is 6.92. The molecule has 2 rings (SSSR count). The molecular formula is C16H21F3O. The molecule has 2 unspecified atom stereocenters. The largest absolute Gasteiger partial charge is 0.416 e. The quantitative estimate of drug-likeness (QED) is 0.852. The van der Waals surface area contributed by atoms with Crippen molar-refractivity contribution < 1.29 is 18.3 Å². The molecule has 20 heavy (non-hydrogen) atoms. The van der Waals surface area contributed by atoms with E-state index in [0.29, 0.717) is 12.8 Å². The third-order valence-electron chi connectivity index (χ3n) is 4.35. The number of hydrogen-bond acceptors (Lipinski definition) is 1. The average molecular weight is 286 g/mol. The average Bonchev–Trinajstić information content (AvgIpc) is 2.46. The van der Waals surface area contributed by atoms with Gasteiger partial charge >= 0.3 is 6.18 Å². The van der Waals surface area contributed by atoms with Crippen molar-refractivity contribution in [2.24, 2.45) is 11.3 Å². The molecule has 1 N–H and O–H groups in total. The van der Waals surface area contributed by atoms with Crippen molar-refractivity contribution in [3.8, 4) is 0 Å². The van der Waals surface area contributed by atoms with E-state index in [9.17, 15) is 18.3 Å². The summed E-state index contributed by atoms with van der Waals surface area (Å²) in [6, 6.07) is 5.12. The van der Waals surface area contributed by atoms with Gasteiger partial charge in [0.05, 0.1) is 11.2 Å². The van der Waals surface area contributed by atoms with E-state index < -0.39 is 17.3 Å². The molecule has 0 radical (unpaired) electrons. The Balaban J connectivity index is 2.15. The van der Waals surface area contributed by atoms with Gasteiger partial charge in [-0.25, -0.2) is 0 Å². The van der Waals surface area contributed by atoms with Crippen LogP contribution in [0, 0.1) is 11.3 Å². The van der Waals surface area contributed by atoms with Crippen molar-refractivity contribution in [1.82, 2.24) is 0 Å². The minimum absolute atomic E-state index is 0.0834. The van der Waals surface area contributed by atoms with Gasteiger partial charge in [0, 0.05) is 6.42 Å². The van der Waals surface area contributed by atoms with Crippen LogP contribution in [0.4, 0.5) is 13.2 Å². The lowest BCUT2D eigenvalue weighted by Gasteiger charge is -2.28. The second-order valence-electron chi connectivity index (χ2n) is 6.92. The van der Waals surface area contributed by atoms with E-state index >= 15 is 0 Å².